The van der Waals surface area contributed by atoms with Crippen LogP contribution in [0, 0.1) is 0 Å². The molecular formula is C39H72N5O14P. The number of aliphatic carboxylic acids is 3. The number of carboxylic acid groups (broad SMARTS) is 3. The van der Waals surface area contributed by atoms with Crippen LogP contribution in [0.2, 0.25) is 0 Å². The molecule has 59 heavy (non-hydrogen) atoms. The molecule has 0 saturated carbocycles. The van der Waals surface area contributed by atoms with Crippen molar-refractivity contribution in [1.29, 1.82) is 0 Å². The number of carboxylic acids is 3. The molecule has 0 spiro atoms. The molecule has 0 aromatic carbocycles. The molecule has 342 valence electrons. The van der Waals surface area contributed by atoms with E-state index in [4.69, 9.17) is 29.2 Å². The molecule has 0 fully saturated rings. The van der Waals surface area contributed by atoms with Crippen LogP contribution in [0.3, 0.4) is 0 Å². The summed E-state index contributed by atoms with van der Waals surface area (Å²) in [5, 5.41) is 40.2. The average Bonchev–Trinajstić information content (AvgIpc) is 3.19. The van der Waals surface area contributed by atoms with Crippen molar-refractivity contribution in [1.82, 2.24) is 26.4 Å². The lowest BCUT2D eigenvalue weighted by Crippen LogP contribution is -2.41. The molecule has 0 aliphatic carbocycles. The zero-order valence-corrected chi connectivity index (χ0v) is 35.9. The Bertz CT molecular complexity index is 1170. The van der Waals surface area contributed by atoms with Gasteiger partial charge in [0.25, 0.3) is 0 Å². The molecule has 1 unspecified atom stereocenters. The Morgan fingerprint density at radius 2 is 0.864 bits per heavy atom. The van der Waals surface area contributed by atoms with Crippen LogP contribution in [0.1, 0.15) is 122 Å². The normalized spacial score (nSPS) is 12.0. The van der Waals surface area contributed by atoms with Crippen LogP contribution in [-0.2, 0) is 52.5 Å². The molecule has 0 aromatic rings. The Labute approximate surface area is 351 Å². The van der Waals surface area contributed by atoms with Crippen LogP contribution in [0.15, 0.2) is 0 Å². The molecule has 0 heterocycles. The summed E-state index contributed by atoms with van der Waals surface area (Å²) in [5.74, 6) is -4.15. The van der Waals surface area contributed by atoms with Gasteiger partial charge in [0.2, 0.25) is 23.6 Å². The molecule has 4 amide bonds. The Balaban J connectivity index is 3.66. The lowest BCUT2D eigenvalue weighted by atomic mass is 10.0. The molecule has 0 saturated heterocycles. The minimum atomic E-state index is -1.19. The Kier molecular flexibility index (Phi) is 37.6. The van der Waals surface area contributed by atoms with Crippen LogP contribution >= 0.6 is 9.39 Å². The van der Waals surface area contributed by atoms with Crippen molar-refractivity contribution >= 4 is 50.9 Å². The third-order valence-electron chi connectivity index (χ3n) is 8.93. The van der Waals surface area contributed by atoms with Gasteiger partial charge in [-0.3, -0.25) is 33.9 Å². The molecule has 8 N–H and O–H groups in total. The maximum atomic E-state index is 12.3. The number of amides is 4. The van der Waals surface area contributed by atoms with Gasteiger partial charge in [0.15, 0.2) is 0 Å². The van der Waals surface area contributed by atoms with Crippen molar-refractivity contribution in [2.45, 2.75) is 134 Å². The van der Waals surface area contributed by atoms with Crippen LogP contribution in [0.25, 0.3) is 0 Å². The van der Waals surface area contributed by atoms with Crippen molar-refractivity contribution in [2.75, 3.05) is 72.5 Å². The highest BCUT2D eigenvalue weighted by atomic mass is 31.0. The first-order valence-electron chi connectivity index (χ1n) is 21.0. The standard InChI is InChI=1S/C39H72N5O14P/c45-33(19-18-31(38(51)52)43-34(46)16-11-9-7-5-3-1-2-4-6-8-10-12-17-37(49)50)41-21-23-55-25-28-58-30-36(48)42-22-24-56-26-27-57-29-35(47)40-20-14-13-15-32(44-59)39(53)54/h31-32,44H,1-30,59H2,(H,40,47)(H,41,45)(H,42,48)(H,43,46)(H,49,50)(H,51,52)(H,53,54)/t31-,32-/m0/s1. The van der Waals surface area contributed by atoms with Gasteiger partial charge in [-0.1, -0.05) is 73.6 Å². The summed E-state index contributed by atoms with van der Waals surface area (Å²) in [6, 6.07) is -1.78. The largest absolute Gasteiger partial charge is 0.481 e. The van der Waals surface area contributed by atoms with E-state index in [0.717, 1.165) is 51.4 Å². The summed E-state index contributed by atoms with van der Waals surface area (Å²) in [6.07, 6.45) is 14.4. The highest BCUT2D eigenvalue weighted by Crippen LogP contribution is 2.13. The number of nitrogens with one attached hydrogen (secondary N) is 5. The second-order valence-electron chi connectivity index (χ2n) is 14.1. The van der Waals surface area contributed by atoms with E-state index in [1.165, 1.54) is 19.3 Å². The van der Waals surface area contributed by atoms with Crippen LogP contribution < -0.4 is 26.4 Å². The molecule has 0 aliphatic heterocycles. The fourth-order valence-corrected chi connectivity index (χ4v) is 5.90. The number of carbonyl (C=O) groups is 7. The van der Waals surface area contributed by atoms with E-state index >= 15 is 0 Å². The van der Waals surface area contributed by atoms with Gasteiger partial charge in [0.05, 0.1) is 39.6 Å². The molecule has 19 nitrogen and oxygen atoms in total. The predicted octanol–water partition coefficient (Wildman–Crippen LogP) is 2.30. The Morgan fingerprint density at radius 3 is 1.34 bits per heavy atom. The summed E-state index contributed by atoms with van der Waals surface area (Å²) in [7, 11) is 2.19. The number of ether oxygens (including phenoxy) is 4. The maximum absolute atomic E-state index is 12.3. The first-order chi connectivity index (χ1) is 28.5. The quantitative estimate of drug-likeness (QED) is 0.0323. The van der Waals surface area contributed by atoms with E-state index in [9.17, 15) is 38.7 Å². The first kappa shape index (κ1) is 55.5. The Hall–Kier alpha value is -3.48. The number of hydrogen-bond donors (Lipinski definition) is 8. The third kappa shape index (κ3) is 38.5. The van der Waals surface area contributed by atoms with E-state index < -0.39 is 30.0 Å². The van der Waals surface area contributed by atoms with E-state index in [1.807, 2.05) is 0 Å². The van der Waals surface area contributed by atoms with Crippen LogP contribution in [-0.4, -0.2) is 141 Å². The molecule has 0 rings (SSSR count). The predicted molar refractivity (Wildman–Crippen MR) is 221 cm³/mol. The van der Waals surface area contributed by atoms with Crippen molar-refractivity contribution in [3.05, 3.63) is 0 Å². The van der Waals surface area contributed by atoms with Gasteiger partial charge < -0.3 is 55.5 Å². The summed E-state index contributed by atoms with van der Waals surface area (Å²) < 4.78 is 21.2. The zero-order chi connectivity index (χ0) is 43.8. The lowest BCUT2D eigenvalue weighted by Gasteiger charge is -2.14. The van der Waals surface area contributed by atoms with Gasteiger partial charge in [-0.25, -0.2) is 4.79 Å². The zero-order valence-electron chi connectivity index (χ0n) is 34.8. The highest BCUT2D eigenvalue weighted by Gasteiger charge is 2.21. The fraction of sp³-hybridized carbons (Fsp3) is 0.821. The summed E-state index contributed by atoms with van der Waals surface area (Å²) >= 11 is 0. The summed E-state index contributed by atoms with van der Waals surface area (Å²) in [5.41, 5.74) is 0. The van der Waals surface area contributed by atoms with E-state index in [0.29, 0.717) is 32.2 Å². The number of rotatable bonds is 43. The van der Waals surface area contributed by atoms with Gasteiger partial charge in [0.1, 0.15) is 25.3 Å². The topological polar surface area (TPSA) is 277 Å². The van der Waals surface area contributed by atoms with E-state index in [2.05, 4.69) is 35.7 Å². The molecule has 0 aliphatic rings. The minimum Gasteiger partial charge on any atom is -0.481 e. The number of carbonyl (C=O) groups excluding carboxylic acids is 4. The van der Waals surface area contributed by atoms with Crippen molar-refractivity contribution in [2.24, 2.45) is 0 Å². The van der Waals surface area contributed by atoms with Gasteiger partial charge >= 0.3 is 17.9 Å². The first-order valence-corrected chi connectivity index (χ1v) is 21.6. The number of unbranched alkanes of at least 4 members (excludes halogenated alkanes) is 12. The van der Waals surface area contributed by atoms with Crippen LogP contribution in [0.4, 0.5) is 0 Å². The van der Waals surface area contributed by atoms with Crippen LogP contribution in [0.5, 0.6) is 0 Å². The maximum Gasteiger partial charge on any atom is 0.326 e. The van der Waals surface area contributed by atoms with Crippen molar-refractivity contribution < 1.29 is 67.8 Å². The minimum absolute atomic E-state index is 0.0353. The average molecular weight is 866 g/mol. The number of hydrogen-bond acceptors (Lipinski definition) is 12. The van der Waals surface area contributed by atoms with Crippen molar-refractivity contribution in [3.63, 3.8) is 0 Å². The van der Waals surface area contributed by atoms with E-state index in [1.54, 1.807) is 0 Å². The molecule has 0 aromatic heterocycles. The van der Waals surface area contributed by atoms with E-state index in [-0.39, 0.29) is 115 Å². The summed E-state index contributed by atoms with van der Waals surface area (Å²) in [6.45, 7) is 1.83. The second kappa shape index (κ2) is 40.0. The summed E-state index contributed by atoms with van der Waals surface area (Å²) in [4.78, 5) is 81.2. The smallest absolute Gasteiger partial charge is 0.326 e. The Morgan fingerprint density at radius 1 is 0.424 bits per heavy atom. The van der Waals surface area contributed by atoms with Gasteiger partial charge in [-0.05, 0) is 38.5 Å². The monoisotopic (exact) mass is 865 g/mol. The third-order valence-corrected chi connectivity index (χ3v) is 9.33. The van der Waals surface area contributed by atoms with Gasteiger partial charge in [-0.2, -0.15) is 0 Å². The molecule has 3 atom stereocenters. The fourth-order valence-electron chi connectivity index (χ4n) is 5.59. The SMILES string of the molecule is O=C(O)CCCCCCCCCCCCCCC(=O)N[C@@H](CCC(=O)NCCOCCOCC(=O)NCCOCCOCC(=O)NCCCC[C@H](NP)C(=O)O)C(=O)O. The van der Waals surface area contributed by atoms with Gasteiger partial charge in [0, 0.05) is 38.9 Å². The molecule has 0 radical (unpaired) electrons. The molecule has 0 bridgehead atoms. The lowest BCUT2D eigenvalue weighted by molar-refractivity contribution is -0.142. The second-order valence-corrected chi connectivity index (χ2v) is 14.4. The highest BCUT2D eigenvalue weighted by molar-refractivity contribution is 7.13. The van der Waals surface area contributed by atoms with Gasteiger partial charge in [-0.15, -0.1) is 0 Å². The van der Waals surface area contributed by atoms with Crippen molar-refractivity contribution in [3.8, 4) is 0 Å². The molecule has 20 heteroatoms. The molecular weight excluding hydrogens is 793 g/mol.